The molecule has 1 fully saturated rings. The number of piperidine rings is 1. The first-order valence-electron chi connectivity index (χ1n) is 7.58. The highest BCUT2D eigenvalue weighted by Crippen LogP contribution is 2.24. The van der Waals surface area contributed by atoms with Crippen molar-refractivity contribution in [2.45, 2.75) is 51.2 Å². The average Bonchev–Trinajstić information content (AvgIpc) is 2.87. The first-order chi connectivity index (χ1) is 9.80. The molecule has 1 saturated heterocycles. The molecule has 1 aromatic rings. The van der Waals surface area contributed by atoms with Crippen LogP contribution >= 0.6 is 12.4 Å². The second-order valence-electron chi connectivity index (χ2n) is 6.43. The van der Waals surface area contributed by atoms with Crippen molar-refractivity contribution >= 4 is 22.4 Å². The minimum absolute atomic E-state index is 0. The number of nitrogens with zero attached hydrogens (tertiary/aromatic N) is 3. The van der Waals surface area contributed by atoms with Gasteiger partial charge in [0, 0.05) is 31.9 Å². The van der Waals surface area contributed by atoms with Crippen molar-refractivity contribution in [1.82, 2.24) is 13.9 Å². The minimum atomic E-state index is -3.50. The Morgan fingerprint density at radius 1 is 1.41 bits per heavy atom. The maximum absolute atomic E-state index is 12.7. The molecule has 2 atom stereocenters. The molecule has 0 aromatic carbocycles. The Labute approximate surface area is 139 Å². The van der Waals surface area contributed by atoms with Crippen LogP contribution in [0.1, 0.15) is 33.6 Å². The molecule has 1 aliphatic rings. The van der Waals surface area contributed by atoms with Crippen LogP contribution in [0.2, 0.25) is 0 Å². The quantitative estimate of drug-likeness (QED) is 0.876. The van der Waals surface area contributed by atoms with E-state index in [-0.39, 0.29) is 29.4 Å². The zero-order valence-corrected chi connectivity index (χ0v) is 15.1. The van der Waals surface area contributed by atoms with Gasteiger partial charge in [-0.25, -0.2) is 13.4 Å². The molecule has 0 radical (unpaired) electrons. The Balaban J connectivity index is 0.00000242. The van der Waals surface area contributed by atoms with Crippen molar-refractivity contribution in [3.8, 4) is 0 Å². The summed E-state index contributed by atoms with van der Waals surface area (Å²) in [6.45, 7) is 7.95. The molecule has 1 aliphatic heterocycles. The monoisotopic (exact) mass is 350 g/mol. The predicted octanol–water partition coefficient (Wildman–Crippen LogP) is 1.71. The summed E-state index contributed by atoms with van der Waals surface area (Å²) in [6.07, 6.45) is 5.08. The van der Waals surface area contributed by atoms with Crippen molar-refractivity contribution in [3.05, 3.63) is 12.5 Å². The van der Waals surface area contributed by atoms with Gasteiger partial charge in [-0.3, -0.25) is 0 Å². The number of aromatic nitrogens is 2. The molecule has 0 aliphatic carbocycles. The maximum atomic E-state index is 12.7. The SMILES string of the molecule is CC(C)Cn1cnc(S(=O)(=O)N2CCCC(C(C)N)C2)c1.Cl. The van der Waals surface area contributed by atoms with E-state index in [0.29, 0.717) is 19.0 Å². The van der Waals surface area contributed by atoms with Gasteiger partial charge in [-0.05, 0) is 31.6 Å². The van der Waals surface area contributed by atoms with Gasteiger partial charge in [-0.15, -0.1) is 12.4 Å². The number of imidazole rings is 1. The van der Waals surface area contributed by atoms with Gasteiger partial charge in [0.1, 0.15) is 0 Å². The van der Waals surface area contributed by atoms with Crippen LogP contribution in [-0.2, 0) is 16.6 Å². The molecular weight excluding hydrogens is 324 g/mol. The lowest BCUT2D eigenvalue weighted by Gasteiger charge is -2.33. The lowest BCUT2D eigenvalue weighted by Crippen LogP contribution is -2.45. The topological polar surface area (TPSA) is 81.2 Å². The molecule has 6 nitrogen and oxygen atoms in total. The first kappa shape index (κ1) is 19.4. The zero-order chi connectivity index (χ0) is 15.6. The third-order valence-electron chi connectivity index (χ3n) is 3.95. The fourth-order valence-corrected chi connectivity index (χ4v) is 4.22. The van der Waals surface area contributed by atoms with E-state index in [1.165, 1.54) is 4.31 Å². The molecule has 22 heavy (non-hydrogen) atoms. The smallest absolute Gasteiger partial charge is 0.262 e. The van der Waals surface area contributed by atoms with Crippen molar-refractivity contribution in [3.63, 3.8) is 0 Å². The Bertz CT molecular complexity index is 571. The Morgan fingerprint density at radius 2 is 2.09 bits per heavy atom. The van der Waals surface area contributed by atoms with Crippen LogP contribution in [-0.4, -0.2) is 41.4 Å². The highest BCUT2D eigenvalue weighted by atomic mass is 35.5. The average molecular weight is 351 g/mol. The second kappa shape index (κ2) is 7.77. The van der Waals surface area contributed by atoms with Gasteiger partial charge in [0.15, 0.2) is 5.03 Å². The standard InChI is InChI=1S/C14H26N4O2S.ClH/c1-11(2)7-17-9-14(16-10-17)21(19,20)18-6-4-5-13(8-18)12(3)15;/h9-13H,4-8,15H2,1-3H3;1H. The van der Waals surface area contributed by atoms with Gasteiger partial charge in [0.25, 0.3) is 10.0 Å². The van der Waals surface area contributed by atoms with E-state index in [0.717, 1.165) is 19.4 Å². The van der Waals surface area contributed by atoms with Crippen LogP contribution in [0.4, 0.5) is 0 Å². The highest BCUT2D eigenvalue weighted by molar-refractivity contribution is 7.89. The molecule has 2 unspecified atom stereocenters. The third-order valence-corrected chi connectivity index (χ3v) is 5.70. The molecule has 2 heterocycles. The number of nitrogens with two attached hydrogens (primary N) is 1. The largest absolute Gasteiger partial charge is 0.336 e. The molecule has 0 amide bonds. The van der Waals surface area contributed by atoms with E-state index < -0.39 is 10.0 Å². The van der Waals surface area contributed by atoms with Crippen LogP contribution in [0, 0.1) is 11.8 Å². The van der Waals surface area contributed by atoms with Crippen molar-refractivity contribution in [1.29, 1.82) is 0 Å². The van der Waals surface area contributed by atoms with E-state index in [9.17, 15) is 8.42 Å². The predicted molar refractivity (Wildman–Crippen MR) is 89.4 cm³/mol. The van der Waals surface area contributed by atoms with Crippen LogP contribution in [0.15, 0.2) is 17.6 Å². The number of hydrogen-bond acceptors (Lipinski definition) is 4. The number of halogens is 1. The molecule has 128 valence electrons. The van der Waals surface area contributed by atoms with Crippen LogP contribution < -0.4 is 5.73 Å². The summed E-state index contributed by atoms with van der Waals surface area (Å²) in [4.78, 5) is 4.09. The summed E-state index contributed by atoms with van der Waals surface area (Å²) in [5.74, 6) is 0.679. The Kier molecular flexibility index (Phi) is 6.85. The third kappa shape index (κ3) is 4.44. The summed E-state index contributed by atoms with van der Waals surface area (Å²) in [5, 5.41) is 0.147. The fraction of sp³-hybridized carbons (Fsp3) is 0.786. The van der Waals surface area contributed by atoms with Crippen LogP contribution in [0.3, 0.4) is 0 Å². The van der Waals surface area contributed by atoms with Crippen molar-refractivity contribution < 1.29 is 8.42 Å². The van der Waals surface area contributed by atoms with Crippen molar-refractivity contribution in [2.24, 2.45) is 17.6 Å². The summed E-state index contributed by atoms with van der Waals surface area (Å²) >= 11 is 0. The second-order valence-corrected chi connectivity index (χ2v) is 8.31. The molecular formula is C14H27ClN4O2S. The van der Waals surface area contributed by atoms with Gasteiger partial charge >= 0.3 is 0 Å². The van der Waals surface area contributed by atoms with Gasteiger partial charge in [-0.2, -0.15) is 4.31 Å². The van der Waals surface area contributed by atoms with Gasteiger partial charge in [-0.1, -0.05) is 13.8 Å². The lowest BCUT2D eigenvalue weighted by atomic mass is 9.93. The fourth-order valence-electron chi connectivity index (χ4n) is 2.75. The van der Waals surface area contributed by atoms with E-state index >= 15 is 0 Å². The summed E-state index contributed by atoms with van der Waals surface area (Å²) < 4.78 is 28.7. The molecule has 2 N–H and O–H groups in total. The van der Waals surface area contributed by atoms with Crippen LogP contribution in [0.25, 0.3) is 0 Å². The van der Waals surface area contributed by atoms with E-state index in [1.54, 1.807) is 12.5 Å². The summed E-state index contributed by atoms with van der Waals surface area (Å²) in [7, 11) is -3.50. The molecule has 8 heteroatoms. The summed E-state index contributed by atoms with van der Waals surface area (Å²) in [6, 6.07) is 0.0153. The van der Waals surface area contributed by atoms with Crippen LogP contribution in [0.5, 0.6) is 0 Å². The molecule has 0 spiro atoms. The number of sulfonamides is 1. The normalized spacial score (nSPS) is 21.6. The number of rotatable bonds is 5. The van der Waals surface area contributed by atoms with E-state index in [1.807, 2.05) is 11.5 Å². The molecule has 1 aromatic heterocycles. The first-order valence-corrected chi connectivity index (χ1v) is 9.02. The summed E-state index contributed by atoms with van der Waals surface area (Å²) in [5.41, 5.74) is 5.93. The number of hydrogen-bond donors (Lipinski definition) is 1. The molecule has 0 saturated carbocycles. The van der Waals surface area contributed by atoms with E-state index in [4.69, 9.17) is 5.73 Å². The zero-order valence-electron chi connectivity index (χ0n) is 13.5. The molecule has 0 bridgehead atoms. The van der Waals surface area contributed by atoms with Gasteiger partial charge in [0.2, 0.25) is 0 Å². The van der Waals surface area contributed by atoms with E-state index in [2.05, 4.69) is 18.8 Å². The molecule has 2 rings (SSSR count). The van der Waals surface area contributed by atoms with Crippen molar-refractivity contribution in [2.75, 3.05) is 13.1 Å². The lowest BCUT2D eigenvalue weighted by molar-refractivity contribution is 0.242. The Hall–Kier alpha value is -0.630. The van der Waals surface area contributed by atoms with Gasteiger partial charge < -0.3 is 10.3 Å². The van der Waals surface area contributed by atoms with Gasteiger partial charge in [0.05, 0.1) is 6.33 Å². The minimum Gasteiger partial charge on any atom is -0.336 e. The Morgan fingerprint density at radius 3 is 2.68 bits per heavy atom. The highest BCUT2D eigenvalue weighted by Gasteiger charge is 2.32. The maximum Gasteiger partial charge on any atom is 0.262 e.